The van der Waals surface area contributed by atoms with Crippen LogP contribution in [0, 0.1) is 6.92 Å². The zero-order chi connectivity index (χ0) is 19.9. The molecule has 3 rings (SSSR count). The number of carbonyl (C=O) groups is 2. The van der Waals surface area contributed by atoms with Gasteiger partial charge < -0.3 is 5.32 Å². The normalized spacial score (nSPS) is 10.6. The van der Waals surface area contributed by atoms with Gasteiger partial charge in [-0.3, -0.25) is 14.9 Å². The average Bonchev–Trinajstić information content (AvgIpc) is 3.31. The van der Waals surface area contributed by atoms with Gasteiger partial charge in [0.1, 0.15) is 0 Å². The number of aromatic nitrogens is 1. The number of carbonyl (C=O) groups excluding carboxylic acids is 2. The number of benzene rings is 1. The van der Waals surface area contributed by atoms with E-state index in [2.05, 4.69) is 21.7 Å². The van der Waals surface area contributed by atoms with Crippen LogP contribution in [0.3, 0.4) is 0 Å². The average molecular weight is 414 g/mol. The summed E-state index contributed by atoms with van der Waals surface area (Å²) in [6, 6.07) is 11.1. The molecule has 0 atom stereocenters. The number of nitrogens with zero attached hydrogens (tertiary/aromatic N) is 1. The van der Waals surface area contributed by atoms with E-state index in [4.69, 9.17) is 0 Å². The van der Waals surface area contributed by atoms with Crippen molar-refractivity contribution in [1.29, 1.82) is 0 Å². The van der Waals surface area contributed by atoms with Gasteiger partial charge >= 0.3 is 0 Å². The molecule has 0 unspecified atom stereocenters. The van der Waals surface area contributed by atoms with Gasteiger partial charge in [0, 0.05) is 27.4 Å². The predicted octanol–water partition coefficient (Wildman–Crippen LogP) is 5.29. The minimum absolute atomic E-state index is 0.0442. The minimum atomic E-state index is -0.231. The number of rotatable bonds is 8. The van der Waals surface area contributed by atoms with E-state index in [1.807, 2.05) is 25.3 Å². The van der Waals surface area contributed by atoms with Crippen molar-refractivity contribution in [2.24, 2.45) is 0 Å². The first-order valence-electron chi connectivity index (χ1n) is 9.25. The van der Waals surface area contributed by atoms with Crippen LogP contribution in [0.25, 0.3) is 0 Å². The van der Waals surface area contributed by atoms with Gasteiger partial charge in [-0.2, -0.15) is 0 Å². The Balaban J connectivity index is 1.55. The number of hydrogen-bond acceptors (Lipinski definition) is 5. The number of amides is 2. The van der Waals surface area contributed by atoms with Crippen molar-refractivity contribution in [3.8, 4) is 0 Å². The summed E-state index contributed by atoms with van der Waals surface area (Å²) in [6.07, 6.45) is 2.99. The van der Waals surface area contributed by atoms with Gasteiger partial charge in [0.25, 0.3) is 5.91 Å². The minimum Gasteiger partial charge on any atom is -0.326 e. The Kier molecular flexibility index (Phi) is 6.95. The molecule has 2 heterocycles. The Morgan fingerprint density at radius 1 is 1.14 bits per heavy atom. The molecule has 1 aromatic carbocycles. The molecule has 7 heteroatoms. The first-order valence-corrected chi connectivity index (χ1v) is 10.9. The standard InChI is InChI=1S/C21H23N3O2S2/c1-3-18-14(2)28-21(23-18)24-20(26)15-7-4-8-16(13-15)22-19(25)11-5-9-17-10-6-12-27-17/h4,6-8,10,12-13H,3,5,9,11H2,1-2H3,(H,22,25)(H,23,24,26). The Hall–Kier alpha value is -2.51. The van der Waals surface area contributed by atoms with Crippen LogP contribution < -0.4 is 10.6 Å². The van der Waals surface area contributed by atoms with Crippen LogP contribution in [0.4, 0.5) is 10.8 Å². The molecule has 0 radical (unpaired) electrons. The lowest BCUT2D eigenvalue weighted by Gasteiger charge is -2.07. The Labute approximate surface area is 172 Å². The number of anilines is 2. The molecule has 0 spiro atoms. The van der Waals surface area contributed by atoms with Gasteiger partial charge in [0.15, 0.2) is 5.13 Å². The van der Waals surface area contributed by atoms with E-state index in [0.29, 0.717) is 22.8 Å². The molecule has 0 saturated heterocycles. The van der Waals surface area contributed by atoms with Gasteiger partial charge in [-0.25, -0.2) is 4.98 Å². The summed E-state index contributed by atoms with van der Waals surface area (Å²) < 4.78 is 0. The smallest absolute Gasteiger partial charge is 0.257 e. The third-order valence-electron chi connectivity index (χ3n) is 4.26. The highest BCUT2D eigenvalue weighted by atomic mass is 32.1. The molecule has 0 bridgehead atoms. The van der Waals surface area contributed by atoms with Crippen LogP contribution in [0.15, 0.2) is 41.8 Å². The van der Waals surface area contributed by atoms with Crippen molar-refractivity contribution < 1.29 is 9.59 Å². The fourth-order valence-electron chi connectivity index (χ4n) is 2.82. The van der Waals surface area contributed by atoms with E-state index in [1.165, 1.54) is 16.2 Å². The Morgan fingerprint density at radius 2 is 2.00 bits per heavy atom. The zero-order valence-corrected chi connectivity index (χ0v) is 17.6. The maximum atomic E-state index is 12.5. The summed E-state index contributed by atoms with van der Waals surface area (Å²) in [7, 11) is 0. The molecule has 146 valence electrons. The van der Waals surface area contributed by atoms with E-state index in [-0.39, 0.29) is 11.8 Å². The third-order valence-corrected chi connectivity index (χ3v) is 6.13. The zero-order valence-electron chi connectivity index (χ0n) is 16.0. The molecule has 5 nitrogen and oxygen atoms in total. The van der Waals surface area contributed by atoms with E-state index in [0.717, 1.165) is 29.8 Å². The summed E-state index contributed by atoms with van der Waals surface area (Å²) in [5.74, 6) is -0.276. The highest BCUT2D eigenvalue weighted by molar-refractivity contribution is 7.15. The van der Waals surface area contributed by atoms with Crippen LogP contribution in [0.5, 0.6) is 0 Å². The summed E-state index contributed by atoms with van der Waals surface area (Å²) in [5.41, 5.74) is 2.12. The number of nitrogens with one attached hydrogen (secondary N) is 2. The molecule has 0 aliphatic heterocycles. The molecule has 2 N–H and O–H groups in total. The number of hydrogen-bond donors (Lipinski definition) is 2. The van der Waals surface area contributed by atoms with Gasteiger partial charge in [-0.15, -0.1) is 22.7 Å². The molecule has 0 aliphatic rings. The summed E-state index contributed by atoms with van der Waals surface area (Å²) in [6.45, 7) is 4.04. The largest absolute Gasteiger partial charge is 0.326 e. The molecule has 28 heavy (non-hydrogen) atoms. The second kappa shape index (κ2) is 9.61. The lowest BCUT2D eigenvalue weighted by atomic mass is 10.1. The highest BCUT2D eigenvalue weighted by Crippen LogP contribution is 2.23. The van der Waals surface area contributed by atoms with Gasteiger partial charge in [0.2, 0.25) is 5.91 Å². The summed E-state index contributed by atoms with van der Waals surface area (Å²) >= 11 is 3.18. The van der Waals surface area contributed by atoms with Gasteiger partial charge in [-0.1, -0.05) is 19.1 Å². The second-order valence-corrected chi connectivity index (χ2v) is 8.63. The number of thiazole rings is 1. The molecule has 3 aromatic rings. The third kappa shape index (κ3) is 5.50. The summed E-state index contributed by atoms with van der Waals surface area (Å²) in [4.78, 5) is 31.5. The molecule has 0 aliphatic carbocycles. The van der Waals surface area contributed by atoms with E-state index >= 15 is 0 Å². The first kappa shape index (κ1) is 20.2. The van der Waals surface area contributed by atoms with Crippen molar-refractivity contribution in [3.63, 3.8) is 0 Å². The van der Waals surface area contributed by atoms with Crippen LogP contribution in [0.1, 0.15) is 45.6 Å². The Bertz CT molecular complexity index is 948. The topological polar surface area (TPSA) is 71.1 Å². The van der Waals surface area contributed by atoms with Crippen molar-refractivity contribution in [2.75, 3.05) is 10.6 Å². The maximum Gasteiger partial charge on any atom is 0.257 e. The first-order chi connectivity index (χ1) is 13.5. The van der Waals surface area contributed by atoms with E-state index < -0.39 is 0 Å². The fraction of sp³-hybridized carbons (Fsp3) is 0.286. The van der Waals surface area contributed by atoms with Crippen LogP contribution >= 0.6 is 22.7 Å². The lowest BCUT2D eigenvalue weighted by Crippen LogP contribution is -2.14. The second-order valence-electron chi connectivity index (χ2n) is 6.39. The molecule has 0 saturated carbocycles. The van der Waals surface area contributed by atoms with Gasteiger partial charge in [0.05, 0.1) is 5.69 Å². The predicted molar refractivity (Wildman–Crippen MR) is 117 cm³/mol. The van der Waals surface area contributed by atoms with Crippen molar-refractivity contribution in [3.05, 3.63) is 62.8 Å². The van der Waals surface area contributed by atoms with E-state index in [9.17, 15) is 9.59 Å². The monoisotopic (exact) mass is 413 g/mol. The van der Waals surface area contributed by atoms with Gasteiger partial charge in [-0.05, 0) is 55.8 Å². The fourth-order valence-corrected chi connectivity index (χ4v) is 4.47. The van der Waals surface area contributed by atoms with E-state index in [1.54, 1.807) is 35.6 Å². The highest BCUT2D eigenvalue weighted by Gasteiger charge is 2.12. The quantitative estimate of drug-likeness (QED) is 0.527. The molecular formula is C21H23N3O2S2. The SMILES string of the molecule is CCc1nc(NC(=O)c2cccc(NC(=O)CCCc3cccs3)c2)sc1C. The molecule has 0 fully saturated rings. The van der Waals surface area contributed by atoms with Crippen LogP contribution in [-0.2, 0) is 17.6 Å². The van der Waals surface area contributed by atoms with Crippen LogP contribution in [0.2, 0.25) is 0 Å². The molecular weight excluding hydrogens is 390 g/mol. The lowest BCUT2D eigenvalue weighted by molar-refractivity contribution is -0.116. The van der Waals surface area contributed by atoms with Crippen molar-refractivity contribution >= 4 is 45.3 Å². The van der Waals surface area contributed by atoms with Crippen molar-refractivity contribution in [2.45, 2.75) is 39.5 Å². The number of aryl methyl sites for hydroxylation is 3. The summed E-state index contributed by atoms with van der Waals surface area (Å²) in [5, 5.41) is 8.36. The molecule has 2 amide bonds. The van der Waals surface area contributed by atoms with Crippen LogP contribution in [-0.4, -0.2) is 16.8 Å². The number of thiophene rings is 1. The maximum absolute atomic E-state index is 12.5. The van der Waals surface area contributed by atoms with Crippen molar-refractivity contribution in [1.82, 2.24) is 4.98 Å². The molecule has 2 aromatic heterocycles. The Morgan fingerprint density at radius 3 is 2.71 bits per heavy atom.